The molecule has 0 saturated heterocycles. The largest absolute Gasteiger partial charge is 0.378 e. The standard InChI is InChI=1S/C29H27F2N3O4/c1-17(32)28(37)34(29(38)26(35)20-14-21(30)16-22(31)15-20)25-23(18-8-4-2-5-9-18)12-13-24(33-27(25)36)19-10-6-3-7-11-19/h2-17,23-26,35H,32H2,1H3,(H,33,36)/t17-,23-,24-,25-,26-/m0/s1. The van der Waals surface area contributed by atoms with E-state index in [1.807, 2.05) is 30.3 Å². The lowest BCUT2D eigenvalue weighted by Crippen LogP contribution is -2.58. The molecular weight excluding hydrogens is 492 g/mol. The van der Waals surface area contributed by atoms with Gasteiger partial charge >= 0.3 is 0 Å². The summed E-state index contributed by atoms with van der Waals surface area (Å²) in [6.07, 6.45) is 1.35. The third kappa shape index (κ3) is 5.69. The van der Waals surface area contributed by atoms with Gasteiger partial charge in [0.15, 0.2) is 6.10 Å². The summed E-state index contributed by atoms with van der Waals surface area (Å²) >= 11 is 0. The van der Waals surface area contributed by atoms with E-state index in [2.05, 4.69) is 5.32 Å². The molecule has 4 rings (SSSR count). The van der Waals surface area contributed by atoms with Crippen LogP contribution in [0.2, 0.25) is 0 Å². The molecule has 0 bridgehead atoms. The molecule has 1 aliphatic heterocycles. The molecule has 0 fully saturated rings. The molecule has 1 heterocycles. The summed E-state index contributed by atoms with van der Waals surface area (Å²) in [6.45, 7) is 1.34. The fourth-order valence-electron chi connectivity index (χ4n) is 4.50. The number of halogens is 2. The zero-order valence-electron chi connectivity index (χ0n) is 20.5. The molecule has 0 radical (unpaired) electrons. The van der Waals surface area contributed by atoms with Crippen molar-refractivity contribution in [2.75, 3.05) is 0 Å². The number of hydrogen-bond acceptors (Lipinski definition) is 5. The molecule has 0 aliphatic carbocycles. The van der Waals surface area contributed by atoms with E-state index in [4.69, 9.17) is 5.73 Å². The molecule has 38 heavy (non-hydrogen) atoms. The Morgan fingerprint density at radius 3 is 2.00 bits per heavy atom. The van der Waals surface area contributed by atoms with Crippen molar-refractivity contribution in [1.29, 1.82) is 0 Å². The zero-order chi connectivity index (χ0) is 27.4. The molecule has 1 aliphatic rings. The maximum Gasteiger partial charge on any atom is 0.263 e. The van der Waals surface area contributed by atoms with Gasteiger partial charge in [-0.2, -0.15) is 0 Å². The van der Waals surface area contributed by atoms with Crippen molar-refractivity contribution in [1.82, 2.24) is 10.2 Å². The highest BCUT2D eigenvalue weighted by molar-refractivity contribution is 6.04. The number of carbonyl (C=O) groups excluding carboxylic acids is 3. The number of aliphatic hydroxyl groups is 1. The molecule has 5 atom stereocenters. The van der Waals surface area contributed by atoms with Crippen LogP contribution in [0.3, 0.4) is 0 Å². The second-order valence-corrected chi connectivity index (χ2v) is 9.10. The third-order valence-corrected chi connectivity index (χ3v) is 6.34. The Morgan fingerprint density at radius 1 is 0.895 bits per heavy atom. The molecule has 9 heteroatoms. The molecule has 0 unspecified atom stereocenters. The Bertz CT molecular complexity index is 1330. The number of aliphatic hydroxyl groups excluding tert-OH is 1. The van der Waals surface area contributed by atoms with Crippen LogP contribution in [0.25, 0.3) is 0 Å². The normalized spacial score (nSPS) is 20.7. The van der Waals surface area contributed by atoms with Crippen molar-refractivity contribution in [3.8, 4) is 0 Å². The van der Waals surface area contributed by atoms with Gasteiger partial charge in [-0.1, -0.05) is 72.8 Å². The van der Waals surface area contributed by atoms with E-state index in [1.165, 1.54) is 6.92 Å². The molecular formula is C29H27F2N3O4. The number of nitrogens with two attached hydrogens (primary N) is 1. The Balaban J connectivity index is 1.82. The second-order valence-electron chi connectivity index (χ2n) is 9.10. The first-order valence-corrected chi connectivity index (χ1v) is 12.0. The zero-order valence-corrected chi connectivity index (χ0v) is 20.5. The molecule has 196 valence electrons. The van der Waals surface area contributed by atoms with Crippen LogP contribution in [0.5, 0.6) is 0 Å². The van der Waals surface area contributed by atoms with Gasteiger partial charge in [0.25, 0.3) is 5.91 Å². The van der Waals surface area contributed by atoms with Gasteiger partial charge in [0.1, 0.15) is 17.7 Å². The monoisotopic (exact) mass is 519 g/mol. The van der Waals surface area contributed by atoms with Crippen LogP contribution in [0, 0.1) is 11.6 Å². The number of imide groups is 1. The number of nitrogens with zero attached hydrogens (tertiary/aromatic N) is 1. The van der Waals surface area contributed by atoms with E-state index in [-0.39, 0.29) is 0 Å². The van der Waals surface area contributed by atoms with E-state index in [0.717, 1.165) is 17.7 Å². The fourth-order valence-corrected chi connectivity index (χ4v) is 4.50. The van der Waals surface area contributed by atoms with Crippen LogP contribution >= 0.6 is 0 Å². The summed E-state index contributed by atoms with van der Waals surface area (Å²) in [6, 6.07) is 16.8. The molecule has 3 amide bonds. The predicted molar refractivity (Wildman–Crippen MR) is 136 cm³/mol. The summed E-state index contributed by atoms with van der Waals surface area (Å²) in [5, 5.41) is 13.7. The third-order valence-electron chi connectivity index (χ3n) is 6.34. The minimum Gasteiger partial charge on any atom is -0.378 e. The van der Waals surface area contributed by atoms with Gasteiger partial charge in [-0.05, 0) is 35.7 Å². The maximum atomic E-state index is 13.9. The summed E-state index contributed by atoms with van der Waals surface area (Å²) in [5.41, 5.74) is 6.85. The smallest absolute Gasteiger partial charge is 0.263 e. The van der Waals surface area contributed by atoms with E-state index < -0.39 is 65.1 Å². The van der Waals surface area contributed by atoms with E-state index in [9.17, 15) is 28.3 Å². The fraction of sp³-hybridized carbons (Fsp3) is 0.207. The highest BCUT2D eigenvalue weighted by atomic mass is 19.1. The first-order valence-electron chi connectivity index (χ1n) is 12.0. The summed E-state index contributed by atoms with van der Waals surface area (Å²) in [4.78, 5) is 41.4. The van der Waals surface area contributed by atoms with Crippen LogP contribution in [0.4, 0.5) is 8.78 Å². The molecule has 4 N–H and O–H groups in total. The molecule has 0 saturated carbocycles. The number of benzene rings is 3. The summed E-state index contributed by atoms with van der Waals surface area (Å²) in [7, 11) is 0. The summed E-state index contributed by atoms with van der Waals surface area (Å²) in [5.74, 6) is -5.67. The number of rotatable bonds is 6. The Hall–Kier alpha value is -4.21. The van der Waals surface area contributed by atoms with Crippen LogP contribution in [-0.2, 0) is 14.4 Å². The van der Waals surface area contributed by atoms with Crippen molar-refractivity contribution < 1.29 is 28.3 Å². The number of hydrogen-bond donors (Lipinski definition) is 3. The Morgan fingerprint density at radius 2 is 1.45 bits per heavy atom. The van der Waals surface area contributed by atoms with Crippen molar-refractivity contribution in [2.45, 2.75) is 37.1 Å². The van der Waals surface area contributed by atoms with Crippen molar-refractivity contribution >= 4 is 17.7 Å². The lowest BCUT2D eigenvalue weighted by Gasteiger charge is -2.35. The van der Waals surface area contributed by atoms with Gasteiger partial charge in [-0.25, -0.2) is 8.78 Å². The quantitative estimate of drug-likeness (QED) is 0.433. The van der Waals surface area contributed by atoms with Crippen LogP contribution in [-0.4, -0.2) is 39.8 Å². The SMILES string of the molecule is C[C@H](N)C(=O)N(C(=O)[C@@H](O)c1cc(F)cc(F)c1)[C@@H]1C(=O)N[C@H](c2ccccc2)C=C[C@H]1c1ccccc1. The lowest BCUT2D eigenvalue weighted by atomic mass is 9.88. The Kier molecular flexibility index (Phi) is 8.09. The Labute approximate surface area is 218 Å². The summed E-state index contributed by atoms with van der Waals surface area (Å²) < 4.78 is 27.7. The van der Waals surface area contributed by atoms with E-state index in [1.54, 1.807) is 42.5 Å². The highest BCUT2D eigenvalue weighted by Crippen LogP contribution is 2.32. The van der Waals surface area contributed by atoms with Gasteiger partial charge in [-0.15, -0.1) is 0 Å². The molecule has 0 aromatic heterocycles. The average molecular weight is 520 g/mol. The van der Waals surface area contributed by atoms with Gasteiger partial charge in [0, 0.05) is 12.0 Å². The van der Waals surface area contributed by atoms with Gasteiger partial charge in [0.2, 0.25) is 11.8 Å². The predicted octanol–water partition coefficient (Wildman–Crippen LogP) is 3.28. The minimum absolute atomic E-state index is 0.405. The van der Waals surface area contributed by atoms with Gasteiger partial charge < -0.3 is 16.2 Å². The molecule has 0 spiro atoms. The minimum atomic E-state index is -2.13. The van der Waals surface area contributed by atoms with Crippen molar-refractivity contribution in [2.24, 2.45) is 5.73 Å². The second kappa shape index (κ2) is 11.5. The highest BCUT2D eigenvalue weighted by Gasteiger charge is 2.44. The lowest BCUT2D eigenvalue weighted by molar-refractivity contribution is -0.158. The first-order chi connectivity index (χ1) is 18.2. The average Bonchev–Trinajstić information content (AvgIpc) is 3.07. The van der Waals surface area contributed by atoms with Crippen molar-refractivity contribution in [3.05, 3.63) is 119 Å². The number of carbonyl (C=O) groups is 3. The van der Waals surface area contributed by atoms with Crippen LogP contribution < -0.4 is 11.1 Å². The van der Waals surface area contributed by atoms with Crippen molar-refractivity contribution in [3.63, 3.8) is 0 Å². The molecule has 3 aromatic carbocycles. The van der Waals surface area contributed by atoms with Crippen LogP contribution in [0.1, 0.15) is 41.7 Å². The maximum absolute atomic E-state index is 13.9. The van der Waals surface area contributed by atoms with Gasteiger partial charge in [-0.3, -0.25) is 19.3 Å². The molecule has 7 nitrogen and oxygen atoms in total. The van der Waals surface area contributed by atoms with E-state index >= 15 is 0 Å². The number of nitrogens with one attached hydrogen (secondary N) is 1. The van der Waals surface area contributed by atoms with Crippen LogP contribution in [0.15, 0.2) is 91.0 Å². The van der Waals surface area contributed by atoms with Gasteiger partial charge in [0.05, 0.1) is 12.1 Å². The first kappa shape index (κ1) is 26.8. The topological polar surface area (TPSA) is 113 Å². The van der Waals surface area contributed by atoms with E-state index in [0.29, 0.717) is 16.5 Å². The number of amides is 3. The molecule has 3 aromatic rings.